The molecule has 0 bridgehead atoms. The van der Waals surface area contributed by atoms with Crippen LogP contribution in [0.2, 0.25) is 0 Å². The van der Waals surface area contributed by atoms with Crippen molar-refractivity contribution in [1.82, 2.24) is 5.32 Å². The van der Waals surface area contributed by atoms with E-state index < -0.39 is 0 Å². The molecule has 1 heterocycles. The van der Waals surface area contributed by atoms with Crippen LogP contribution in [0.3, 0.4) is 0 Å². The first-order valence-corrected chi connectivity index (χ1v) is 6.78. The van der Waals surface area contributed by atoms with E-state index in [2.05, 4.69) is 27.9 Å². The van der Waals surface area contributed by atoms with Gasteiger partial charge in [-0.2, -0.15) is 0 Å². The molecule has 3 N–H and O–H groups in total. The quantitative estimate of drug-likeness (QED) is 0.838. The molecule has 1 aromatic heterocycles. The van der Waals surface area contributed by atoms with Crippen molar-refractivity contribution in [3.63, 3.8) is 0 Å². The summed E-state index contributed by atoms with van der Waals surface area (Å²) in [6, 6.07) is 8.01. The Morgan fingerprint density at radius 3 is 3.00 bits per heavy atom. The molecular formula is C11H11IN2OS. The van der Waals surface area contributed by atoms with Gasteiger partial charge in [0.25, 0.3) is 5.91 Å². The number of fused-ring (bicyclic) bond motifs is 1. The summed E-state index contributed by atoms with van der Waals surface area (Å²) in [5.74, 6) is -0.0394. The molecule has 0 radical (unpaired) electrons. The van der Waals surface area contributed by atoms with E-state index in [1.165, 1.54) is 14.9 Å². The van der Waals surface area contributed by atoms with Crippen molar-refractivity contribution in [2.75, 3.05) is 13.1 Å². The lowest BCUT2D eigenvalue weighted by atomic mass is 10.2. The van der Waals surface area contributed by atoms with E-state index >= 15 is 0 Å². The number of thiophene rings is 1. The minimum Gasteiger partial charge on any atom is -0.350 e. The molecule has 0 atom stereocenters. The van der Waals surface area contributed by atoms with Gasteiger partial charge in [-0.3, -0.25) is 4.79 Å². The molecule has 5 heteroatoms. The fourth-order valence-corrected chi connectivity index (χ4v) is 3.25. The minimum atomic E-state index is -0.0394. The van der Waals surface area contributed by atoms with Gasteiger partial charge < -0.3 is 11.1 Å². The van der Waals surface area contributed by atoms with Crippen LogP contribution < -0.4 is 11.1 Å². The monoisotopic (exact) mass is 346 g/mol. The smallest absolute Gasteiger partial charge is 0.261 e. The van der Waals surface area contributed by atoms with Gasteiger partial charge in [0.15, 0.2) is 0 Å². The highest BCUT2D eigenvalue weighted by Crippen LogP contribution is 2.29. The van der Waals surface area contributed by atoms with Crippen molar-refractivity contribution in [3.8, 4) is 0 Å². The zero-order valence-electron chi connectivity index (χ0n) is 8.50. The van der Waals surface area contributed by atoms with Gasteiger partial charge >= 0.3 is 0 Å². The van der Waals surface area contributed by atoms with Crippen LogP contribution in [-0.2, 0) is 0 Å². The third kappa shape index (κ3) is 2.36. The van der Waals surface area contributed by atoms with Crippen molar-refractivity contribution >= 4 is 49.9 Å². The lowest BCUT2D eigenvalue weighted by Gasteiger charge is -1.98. The molecule has 0 fully saturated rings. The van der Waals surface area contributed by atoms with E-state index in [9.17, 15) is 4.79 Å². The summed E-state index contributed by atoms with van der Waals surface area (Å²) in [4.78, 5) is 12.5. The molecule has 0 spiro atoms. The summed E-state index contributed by atoms with van der Waals surface area (Å²) in [5.41, 5.74) is 5.34. The van der Waals surface area contributed by atoms with Crippen LogP contribution in [0.15, 0.2) is 24.3 Å². The van der Waals surface area contributed by atoms with Gasteiger partial charge in [-0.1, -0.05) is 6.07 Å². The Bertz CT molecular complexity index is 524. The summed E-state index contributed by atoms with van der Waals surface area (Å²) >= 11 is 3.79. The lowest BCUT2D eigenvalue weighted by molar-refractivity contribution is 0.0959. The molecule has 0 saturated heterocycles. The number of halogens is 1. The Kier molecular flexibility index (Phi) is 3.78. The Balaban J connectivity index is 2.32. The van der Waals surface area contributed by atoms with Crippen LogP contribution >= 0.6 is 33.9 Å². The molecule has 1 amide bonds. The first-order valence-electron chi connectivity index (χ1n) is 4.88. The SMILES string of the molecule is NCCNC(=O)c1cc2c(I)cccc2s1. The molecular weight excluding hydrogens is 335 g/mol. The first-order chi connectivity index (χ1) is 7.72. The molecule has 3 nitrogen and oxygen atoms in total. The van der Waals surface area contributed by atoms with Crippen molar-refractivity contribution in [2.24, 2.45) is 5.73 Å². The number of benzene rings is 1. The van der Waals surface area contributed by atoms with Crippen molar-refractivity contribution < 1.29 is 4.79 Å². The number of rotatable bonds is 3. The van der Waals surface area contributed by atoms with Gasteiger partial charge in [0.2, 0.25) is 0 Å². The molecule has 0 aliphatic heterocycles. The number of nitrogens with one attached hydrogen (secondary N) is 1. The molecule has 2 aromatic rings. The molecule has 0 unspecified atom stereocenters. The first kappa shape index (κ1) is 11.8. The third-order valence-electron chi connectivity index (χ3n) is 2.16. The average molecular weight is 346 g/mol. The van der Waals surface area contributed by atoms with Crippen molar-refractivity contribution in [1.29, 1.82) is 0 Å². The van der Waals surface area contributed by atoms with Crippen LogP contribution in [0.4, 0.5) is 0 Å². The summed E-state index contributed by atoms with van der Waals surface area (Å²) in [5, 5.41) is 3.92. The number of carbonyl (C=O) groups is 1. The van der Waals surface area contributed by atoms with Gasteiger partial charge in [-0.05, 0) is 40.8 Å². The van der Waals surface area contributed by atoms with Gasteiger partial charge in [-0.15, -0.1) is 11.3 Å². The second-order valence-corrected chi connectivity index (χ2v) is 5.55. The topological polar surface area (TPSA) is 55.1 Å². The second-order valence-electron chi connectivity index (χ2n) is 3.31. The average Bonchev–Trinajstić information content (AvgIpc) is 2.71. The maximum atomic E-state index is 11.7. The molecule has 0 saturated carbocycles. The largest absolute Gasteiger partial charge is 0.350 e. The Morgan fingerprint density at radius 2 is 2.31 bits per heavy atom. The molecule has 16 heavy (non-hydrogen) atoms. The van der Waals surface area contributed by atoms with E-state index in [-0.39, 0.29) is 5.91 Å². The third-order valence-corrected chi connectivity index (χ3v) is 4.20. The van der Waals surface area contributed by atoms with Gasteiger partial charge in [0.05, 0.1) is 4.88 Å². The highest BCUT2D eigenvalue weighted by atomic mass is 127. The lowest BCUT2D eigenvalue weighted by Crippen LogP contribution is -2.28. The fourth-order valence-electron chi connectivity index (χ4n) is 1.41. The van der Waals surface area contributed by atoms with E-state index in [1.807, 2.05) is 24.3 Å². The zero-order chi connectivity index (χ0) is 11.5. The number of carbonyl (C=O) groups excluding carboxylic acids is 1. The predicted molar refractivity (Wildman–Crippen MR) is 75.9 cm³/mol. The standard InChI is InChI=1S/C11H11IN2OS/c12-8-2-1-3-9-7(8)6-10(16-9)11(15)14-5-4-13/h1-3,6H,4-5,13H2,(H,14,15). The molecule has 1 aromatic carbocycles. The van der Waals surface area contributed by atoms with Crippen molar-refractivity contribution in [2.45, 2.75) is 0 Å². The van der Waals surface area contributed by atoms with Crippen LogP contribution in [0.5, 0.6) is 0 Å². The van der Waals surface area contributed by atoms with E-state index in [1.54, 1.807) is 0 Å². The summed E-state index contributed by atoms with van der Waals surface area (Å²) < 4.78 is 2.31. The summed E-state index contributed by atoms with van der Waals surface area (Å²) in [6.07, 6.45) is 0. The van der Waals surface area contributed by atoms with E-state index in [4.69, 9.17) is 5.73 Å². The minimum absolute atomic E-state index is 0.0394. The Labute approximate surface area is 111 Å². The van der Waals surface area contributed by atoms with E-state index in [0.717, 1.165) is 15.0 Å². The van der Waals surface area contributed by atoms with Crippen LogP contribution in [0.25, 0.3) is 10.1 Å². The molecule has 2 rings (SSSR count). The fraction of sp³-hybridized carbons (Fsp3) is 0.182. The molecule has 0 aliphatic rings. The Morgan fingerprint density at radius 1 is 1.50 bits per heavy atom. The second kappa shape index (κ2) is 5.11. The maximum Gasteiger partial charge on any atom is 0.261 e. The highest BCUT2D eigenvalue weighted by Gasteiger charge is 2.10. The number of amides is 1. The van der Waals surface area contributed by atoms with Crippen molar-refractivity contribution in [3.05, 3.63) is 32.7 Å². The molecule has 0 aliphatic carbocycles. The Hall–Kier alpha value is -0.660. The summed E-state index contributed by atoms with van der Waals surface area (Å²) in [6.45, 7) is 0.984. The summed E-state index contributed by atoms with van der Waals surface area (Å²) in [7, 11) is 0. The van der Waals surface area contributed by atoms with Crippen LogP contribution in [0, 0.1) is 3.57 Å². The molecule has 84 valence electrons. The van der Waals surface area contributed by atoms with Gasteiger partial charge in [0.1, 0.15) is 0 Å². The predicted octanol–water partition coefficient (Wildman–Crippen LogP) is 2.19. The number of hydrogen-bond donors (Lipinski definition) is 2. The maximum absolute atomic E-state index is 11.7. The number of hydrogen-bond acceptors (Lipinski definition) is 3. The highest BCUT2D eigenvalue weighted by molar-refractivity contribution is 14.1. The zero-order valence-corrected chi connectivity index (χ0v) is 11.5. The van der Waals surface area contributed by atoms with Crippen LogP contribution in [-0.4, -0.2) is 19.0 Å². The number of nitrogens with two attached hydrogens (primary N) is 1. The van der Waals surface area contributed by atoms with Gasteiger partial charge in [0, 0.05) is 26.7 Å². The van der Waals surface area contributed by atoms with Gasteiger partial charge in [-0.25, -0.2) is 0 Å². The van der Waals surface area contributed by atoms with E-state index in [0.29, 0.717) is 13.1 Å². The normalized spacial score (nSPS) is 10.6. The van der Waals surface area contributed by atoms with Crippen LogP contribution in [0.1, 0.15) is 9.67 Å².